The van der Waals surface area contributed by atoms with Crippen LogP contribution in [-0.2, 0) is 4.79 Å². The van der Waals surface area contributed by atoms with Gasteiger partial charge in [-0.25, -0.2) is 4.79 Å². The van der Waals surface area contributed by atoms with E-state index in [1.165, 1.54) is 6.07 Å². The molecule has 16 heavy (non-hydrogen) atoms. The number of carboxylic acids is 1. The van der Waals surface area contributed by atoms with Crippen molar-refractivity contribution in [1.29, 1.82) is 0 Å². The number of rotatable bonds is 2. The fourth-order valence-electron chi connectivity index (χ4n) is 2.15. The molecule has 4 heteroatoms. The van der Waals surface area contributed by atoms with Gasteiger partial charge in [-0.1, -0.05) is 6.92 Å². The van der Waals surface area contributed by atoms with Crippen LogP contribution >= 0.6 is 0 Å². The second kappa shape index (κ2) is 3.63. The minimum Gasteiger partial charge on any atom is -0.478 e. The van der Waals surface area contributed by atoms with Crippen LogP contribution in [-0.4, -0.2) is 24.0 Å². The van der Waals surface area contributed by atoms with Crippen molar-refractivity contribution in [3.05, 3.63) is 29.3 Å². The Hall–Kier alpha value is -1.84. The molecule has 1 heterocycles. The molecule has 1 unspecified atom stereocenters. The lowest BCUT2D eigenvalue weighted by molar-refractivity contribution is -0.119. The van der Waals surface area contributed by atoms with Gasteiger partial charge in [-0.3, -0.25) is 4.79 Å². The van der Waals surface area contributed by atoms with Gasteiger partial charge in [0.05, 0.1) is 11.5 Å². The van der Waals surface area contributed by atoms with Crippen LogP contribution in [0.25, 0.3) is 0 Å². The zero-order chi connectivity index (χ0) is 11.9. The summed E-state index contributed by atoms with van der Waals surface area (Å²) in [6.07, 6.45) is 0.694. The third kappa shape index (κ3) is 1.38. The van der Waals surface area contributed by atoms with E-state index in [-0.39, 0.29) is 17.4 Å². The molecule has 2 rings (SSSR count). The highest BCUT2D eigenvalue weighted by molar-refractivity contribution is 6.05. The highest BCUT2D eigenvalue weighted by Crippen LogP contribution is 2.38. The first-order valence-corrected chi connectivity index (χ1v) is 5.21. The number of aromatic carboxylic acids is 1. The number of nitrogens with zero attached hydrogens (tertiary/aromatic N) is 1. The molecule has 0 bridgehead atoms. The Labute approximate surface area is 93.5 Å². The number of carbonyl (C=O) groups is 2. The zero-order valence-corrected chi connectivity index (χ0v) is 9.23. The van der Waals surface area contributed by atoms with Gasteiger partial charge >= 0.3 is 5.97 Å². The first-order valence-electron chi connectivity index (χ1n) is 5.21. The van der Waals surface area contributed by atoms with Gasteiger partial charge in [-0.15, -0.1) is 0 Å². The van der Waals surface area contributed by atoms with E-state index in [0.717, 1.165) is 11.3 Å². The Morgan fingerprint density at radius 2 is 2.19 bits per heavy atom. The average molecular weight is 219 g/mol. The lowest BCUT2D eigenvalue weighted by atomic mass is 9.96. The molecule has 1 aliphatic heterocycles. The van der Waals surface area contributed by atoms with Gasteiger partial charge in [0.2, 0.25) is 5.91 Å². The fourth-order valence-corrected chi connectivity index (χ4v) is 2.15. The Balaban J connectivity index is 2.55. The summed E-state index contributed by atoms with van der Waals surface area (Å²) >= 11 is 0. The molecule has 1 amide bonds. The van der Waals surface area contributed by atoms with Crippen LogP contribution < -0.4 is 4.90 Å². The molecule has 0 saturated carbocycles. The summed E-state index contributed by atoms with van der Waals surface area (Å²) in [5, 5.41) is 8.91. The molecule has 0 radical (unpaired) electrons. The maximum atomic E-state index is 11.9. The number of hydrogen-bond donors (Lipinski definition) is 1. The van der Waals surface area contributed by atoms with Gasteiger partial charge in [0, 0.05) is 12.7 Å². The molecule has 0 saturated heterocycles. The summed E-state index contributed by atoms with van der Waals surface area (Å²) in [6, 6.07) is 4.84. The maximum Gasteiger partial charge on any atom is 0.335 e. The summed E-state index contributed by atoms with van der Waals surface area (Å²) in [6.45, 7) is 1.93. The van der Waals surface area contributed by atoms with Gasteiger partial charge in [0.1, 0.15) is 0 Å². The standard InChI is InChI=1S/C12H13NO3/c1-3-8-9-6-7(12(15)16)4-5-10(9)13(2)11(8)14/h4-6,8H,3H2,1-2H3,(H,15,16). The van der Waals surface area contributed by atoms with Crippen LogP contribution in [0.2, 0.25) is 0 Å². The summed E-state index contributed by atoms with van der Waals surface area (Å²) < 4.78 is 0. The van der Waals surface area contributed by atoms with Crippen molar-refractivity contribution in [2.45, 2.75) is 19.3 Å². The highest BCUT2D eigenvalue weighted by atomic mass is 16.4. The van der Waals surface area contributed by atoms with Crippen molar-refractivity contribution in [1.82, 2.24) is 0 Å². The number of likely N-dealkylation sites (N-methyl/N-ethyl adjacent to an activating group) is 1. The third-order valence-corrected chi connectivity index (χ3v) is 3.05. The molecule has 1 atom stereocenters. The van der Waals surface area contributed by atoms with Crippen molar-refractivity contribution in [3.8, 4) is 0 Å². The van der Waals surface area contributed by atoms with E-state index in [1.807, 2.05) is 6.92 Å². The molecule has 0 aliphatic carbocycles. The number of carboxylic acid groups (broad SMARTS) is 1. The third-order valence-electron chi connectivity index (χ3n) is 3.05. The summed E-state index contributed by atoms with van der Waals surface area (Å²) in [4.78, 5) is 24.3. The normalized spacial score (nSPS) is 18.8. The smallest absolute Gasteiger partial charge is 0.335 e. The molecule has 1 N–H and O–H groups in total. The van der Waals surface area contributed by atoms with Crippen LogP contribution in [0, 0.1) is 0 Å². The van der Waals surface area contributed by atoms with E-state index in [4.69, 9.17) is 5.11 Å². The van der Waals surface area contributed by atoms with Gasteiger partial charge in [-0.2, -0.15) is 0 Å². The summed E-state index contributed by atoms with van der Waals surface area (Å²) in [5.41, 5.74) is 1.89. The maximum absolute atomic E-state index is 11.9. The molecule has 1 aliphatic rings. The van der Waals surface area contributed by atoms with Crippen LogP contribution in [0.5, 0.6) is 0 Å². The zero-order valence-electron chi connectivity index (χ0n) is 9.23. The van der Waals surface area contributed by atoms with Crippen molar-refractivity contribution in [3.63, 3.8) is 0 Å². The molecular weight excluding hydrogens is 206 g/mol. The monoisotopic (exact) mass is 219 g/mol. The second-order valence-corrected chi connectivity index (χ2v) is 3.94. The highest BCUT2D eigenvalue weighted by Gasteiger charge is 2.34. The number of anilines is 1. The van der Waals surface area contributed by atoms with Crippen LogP contribution in [0.3, 0.4) is 0 Å². The van der Waals surface area contributed by atoms with E-state index in [2.05, 4.69) is 0 Å². The van der Waals surface area contributed by atoms with Gasteiger partial charge < -0.3 is 10.0 Å². The Bertz CT molecular complexity index is 467. The van der Waals surface area contributed by atoms with Crippen LogP contribution in [0.1, 0.15) is 35.2 Å². The molecule has 0 aromatic heterocycles. The van der Waals surface area contributed by atoms with Crippen molar-refractivity contribution >= 4 is 17.6 Å². The molecule has 84 valence electrons. The Morgan fingerprint density at radius 1 is 1.50 bits per heavy atom. The van der Waals surface area contributed by atoms with Crippen LogP contribution in [0.4, 0.5) is 5.69 Å². The lowest BCUT2D eigenvalue weighted by Gasteiger charge is -2.09. The molecule has 1 aromatic carbocycles. The largest absolute Gasteiger partial charge is 0.478 e. The quantitative estimate of drug-likeness (QED) is 0.825. The second-order valence-electron chi connectivity index (χ2n) is 3.94. The fraction of sp³-hybridized carbons (Fsp3) is 0.333. The van der Waals surface area contributed by atoms with E-state index in [9.17, 15) is 9.59 Å². The Kier molecular flexibility index (Phi) is 2.42. The van der Waals surface area contributed by atoms with Crippen molar-refractivity contribution in [2.24, 2.45) is 0 Å². The average Bonchev–Trinajstić information content (AvgIpc) is 2.51. The van der Waals surface area contributed by atoms with E-state index in [1.54, 1.807) is 24.1 Å². The number of amides is 1. The Morgan fingerprint density at radius 3 is 2.75 bits per heavy atom. The number of hydrogen-bond acceptors (Lipinski definition) is 2. The summed E-state index contributed by atoms with van der Waals surface area (Å²) in [5.74, 6) is -1.11. The lowest BCUT2D eigenvalue weighted by Crippen LogP contribution is -2.23. The molecule has 1 aromatic rings. The van der Waals surface area contributed by atoms with E-state index >= 15 is 0 Å². The van der Waals surface area contributed by atoms with E-state index in [0.29, 0.717) is 6.42 Å². The first-order chi connectivity index (χ1) is 7.56. The SMILES string of the molecule is CCC1C(=O)N(C)c2ccc(C(=O)O)cc21. The van der Waals surface area contributed by atoms with E-state index < -0.39 is 5.97 Å². The van der Waals surface area contributed by atoms with Crippen LogP contribution in [0.15, 0.2) is 18.2 Å². The first kappa shape index (κ1) is 10.7. The van der Waals surface area contributed by atoms with Crippen molar-refractivity contribution in [2.75, 3.05) is 11.9 Å². The number of carbonyl (C=O) groups excluding carboxylic acids is 1. The molecular formula is C12H13NO3. The minimum atomic E-state index is -0.959. The van der Waals surface area contributed by atoms with Gasteiger partial charge in [-0.05, 0) is 30.2 Å². The molecule has 4 nitrogen and oxygen atoms in total. The van der Waals surface area contributed by atoms with Crippen molar-refractivity contribution < 1.29 is 14.7 Å². The number of benzene rings is 1. The predicted octanol–water partition coefficient (Wildman–Crippen LogP) is 1.85. The molecule has 0 spiro atoms. The minimum absolute atomic E-state index is 0.0417. The van der Waals surface area contributed by atoms with Gasteiger partial charge in [0.25, 0.3) is 0 Å². The topological polar surface area (TPSA) is 57.6 Å². The summed E-state index contributed by atoms with van der Waals surface area (Å²) in [7, 11) is 1.72. The molecule has 0 fully saturated rings. The predicted molar refractivity (Wildman–Crippen MR) is 59.8 cm³/mol. The number of fused-ring (bicyclic) bond motifs is 1. The van der Waals surface area contributed by atoms with Gasteiger partial charge in [0.15, 0.2) is 0 Å².